The molecule has 2 rings (SSSR count). The first-order chi connectivity index (χ1) is 13.0. The highest BCUT2D eigenvalue weighted by molar-refractivity contribution is 6.36. The molecule has 11 heteroatoms. The molecule has 0 saturated heterocycles. The number of ether oxygens (including phenoxy) is 1. The number of methoxy groups -OCH3 is 1. The summed E-state index contributed by atoms with van der Waals surface area (Å²) >= 11 is 11.5. The second kappa shape index (κ2) is 8.24. The summed E-state index contributed by atoms with van der Waals surface area (Å²) in [6, 6.07) is 6.83. The second-order valence-electron chi connectivity index (χ2n) is 5.67. The maximum atomic E-state index is 14.0. The monoisotopic (exact) mass is 435 g/mol. The minimum absolute atomic E-state index is 0.0647. The Morgan fingerprint density at radius 2 is 1.75 bits per heavy atom. The molecule has 1 atom stereocenters. The van der Waals surface area contributed by atoms with Crippen molar-refractivity contribution in [1.82, 2.24) is 10.3 Å². The molecule has 0 aliphatic heterocycles. The fourth-order valence-electron chi connectivity index (χ4n) is 2.18. The number of anilines is 1. The highest BCUT2D eigenvalue weighted by Crippen LogP contribution is 2.35. The van der Waals surface area contributed by atoms with Crippen LogP contribution in [0.1, 0.15) is 15.9 Å². The minimum Gasteiger partial charge on any atom is -0.466 e. The molecule has 150 valence electrons. The number of carbonyl (C=O) groups is 2. The van der Waals surface area contributed by atoms with E-state index in [1.54, 1.807) is 12.2 Å². The van der Waals surface area contributed by atoms with Crippen molar-refractivity contribution in [1.29, 1.82) is 0 Å². The van der Waals surface area contributed by atoms with Gasteiger partial charge in [-0.15, -0.1) is 0 Å². The van der Waals surface area contributed by atoms with Crippen LogP contribution in [0.15, 0.2) is 36.5 Å². The smallest absolute Gasteiger partial charge is 0.441 e. The molecule has 0 fully saturated rings. The maximum absolute atomic E-state index is 14.0. The lowest BCUT2D eigenvalue weighted by atomic mass is 10.1. The average molecular weight is 436 g/mol. The van der Waals surface area contributed by atoms with Gasteiger partial charge in [-0.2, -0.15) is 13.2 Å². The Morgan fingerprint density at radius 1 is 1.14 bits per heavy atom. The molecular weight excluding hydrogens is 422 g/mol. The summed E-state index contributed by atoms with van der Waals surface area (Å²) in [6.07, 6.45) is -4.29. The Kier molecular flexibility index (Phi) is 6.41. The molecule has 0 unspecified atom stereocenters. The Hall–Kier alpha value is -2.52. The lowest BCUT2D eigenvalue weighted by molar-refractivity contribution is -0.203. The van der Waals surface area contributed by atoms with Crippen molar-refractivity contribution in [2.45, 2.75) is 18.8 Å². The standard InChI is InChI=1S/C17H14Cl2F3N3O3/c1-9-3-5-10(6-4-9)14(26)25-16(15(27)28-2,17(20,21)22)24-13-12(19)7-11(18)8-23-13/h3-8H,1-2H3,(H,23,24)(H,25,26)/t16-/m0/s1. The van der Waals surface area contributed by atoms with E-state index in [0.717, 1.165) is 24.9 Å². The van der Waals surface area contributed by atoms with Crippen LogP contribution >= 0.6 is 23.2 Å². The maximum Gasteiger partial charge on any atom is 0.441 e. The normalized spacial score (nSPS) is 13.4. The summed E-state index contributed by atoms with van der Waals surface area (Å²) in [6.45, 7) is 1.74. The zero-order valence-corrected chi connectivity index (χ0v) is 16.0. The number of halogens is 5. The van der Waals surface area contributed by atoms with Crippen LogP contribution < -0.4 is 10.6 Å². The Balaban J connectivity index is 2.52. The zero-order valence-electron chi connectivity index (χ0n) is 14.5. The summed E-state index contributed by atoms with van der Waals surface area (Å²) in [5.41, 5.74) is -2.95. The van der Waals surface area contributed by atoms with E-state index in [9.17, 15) is 22.8 Å². The molecule has 0 bridgehead atoms. The van der Waals surface area contributed by atoms with Crippen molar-refractivity contribution in [3.8, 4) is 0 Å². The molecule has 2 N–H and O–H groups in total. The van der Waals surface area contributed by atoms with E-state index in [-0.39, 0.29) is 15.6 Å². The van der Waals surface area contributed by atoms with Gasteiger partial charge >= 0.3 is 17.8 Å². The first-order valence-electron chi connectivity index (χ1n) is 7.63. The van der Waals surface area contributed by atoms with Gasteiger partial charge in [0.1, 0.15) is 5.82 Å². The molecule has 1 aromatic heterocycles. The fourth-order valence-corrected chi connectivity index (χ4v) is 2.60. The third-order valence-corrected chi connectivity index (χ3v) is 4.14. The highest BCUT2D eigenvalue weighted by atomic mass is 35.5. The van der Waals surface area contributed by atoms with Gasteiger partial charge in [0, 0.05) is 11.8 Å². The number of benzene rings is 1. The van der Waals surface area contributed by atoms with E-state index in [4.69, 9.17) is 23.2 Å². The number of pyridine rings is 1. The quantitative estimate of drug-likeness (QED) is 0.548. The minimum atomic E-state index is -5.31. The van der Waals surface area contributed by atoms with Gasteiger partial charge in [0.2, 0.25) is 0 Å². The van der Waals surface area contributed by atoms with Crippen LogP contribution in [-0.2, 0) is 9.53 Å². The van der Waals surface area contributed by atoms with Gasteiger partial charge in [0.15, 0.2) is 0 Å². The third kappa shape index (κ3) is 4.48. The first kappa shape index (κ1) is 21.8. The molecule has 28 heavy (non-hydrogen) atoms. The Morgan fingerprint density at radius 3 is 2.25 bits per heavy atom. The molecule has 0 aliphatic carbocycles. The van der Waals surface area contributed by atoms with E-state index in [1.807, 2.05) is 5.32 Å². The number of nitrogens with one attached hydrogen (secondary N) is 2. The van der Waals surface area contributed by atoms with E-state index in [0.29, 0.717) is 0 Å². The van der Waals surface area contributed by atoms with E-state index < -0.39 is 29.5 Å². The molecule has 0 aliphatic rings. The molecule has 2 aromatic rings. The summed E-state index contributed by atoms with van der Waals surface area (Å²) in [7, 11) is 0.749. The SMILES string of the molecule is COC(=O)[C@@](NC(=O)c1ccc(C)cc1)(Nc1ncc(Cl)cc1Cl)C(F)(F)F. The highest BCUT2D eigenvalue weighted by Gasteiger charge is 2.64. The summed E-state index contributed by atoms with van der Waals surface area (Å²) < 4.78 is 46.2. The topological polar surface area (TPSA) is 80.3 Å². The summed E-state index contributed by atoms with van der Waals surface area (Å²) in [5, 5.41) is 3.29. The predicted octanol–water partition coefficient (Wildman–Crippen LogP) is 3.97. The second-order valence-corrected chi connectivity index (χ2v) is 6.51. The van der Waals surface area contributed by atoms with Gasteiger partial charge in [0.25, 0.3) is 5.91 Å². The molecule has 0 radical (unpaired) electrons. The number of carbonyl (C=O) groups excluding carboxylic acids is 2. The number of aryl methyl sites for hydroxylation is 1. The van der Waals surface area contributed by atoms with Crippen molar-refractivity contribution >= 4 is 40.9 Å². The number of hydrogen-bond donors (Lipinski definition) is 2. The lowest BCUT2D eigenvalue weighted by Crippen LogP contribution is -2.69. The Labute approximate surface area is 168 Å². The molecule has 1 amide bonds. The number of rotatable bonds is 5. The van der Waals surface area contributed by atoms with Crippen LogP contribution in [-0.4, -0.2) is 35.8 Å². The van der Waals surface area contributed by atoms with Gasteiger partial charge in [-0.3, -0.25) is 4.79 Å². The van der Waals surface area contributed by atoms with Gasteiger partial charge in [0.05, 0.1) is 17.2 Å². The van der Waals surface area contributed by atoms with Crippen molar-refractivity contribution in [3.63, 3.8) is 0 Å². The van der Waals surface area contributed by atoms with Crippen LogP contribution in [0.5, 0.6) is 0 Å². The number of hydrogen-bond acceptors (Lipinski definition) is 5. The molecule has 1 aromatic carbocycles. The number of aromatic nitrogens is 1. The number of esters is 1. The van der Waals surface area contributed by atoms with Crippen LogP contribution in [0.4, 0.5) is 19.0 Å². The number of nitrogens with zero attached hydrogens (tertiary/aromatic N) is 1. The molecule has 6 nitrogen and oxygen atoms in total. The van der Waals surface area contributed by atoms with Crippen molar-refractivity contribution in [2.75, 3.05) is 12.4 Å². The zero-order chi connectivity index (χ0) is 21.1. The van der Waals surface area contributed by atoms with Gasteiger partial charge in [-0.05, 0) is 25.1 Å². The molecule has 0 saturated carbocycles. The van der Waals surface area contributed by atoms with Crippen LogP contribution in [0.25, 0.3) is 0 Å². The predicted molar refractivity (Wildman–Crippen MR) is 97.3 cm³/mol. The number of alkyl halides is 3. The lowest BCUT2D eigenvalue weighted by Gasteiger charge is -2.34. The van der Waals surface area contributed by atoms with Gasteiger partial charge in [-0.1, -0.05) is 40.9 Å². The van der Waals surface area contributed by atoms with Crippen LogP contribution in [0.2, 0.25) is 10.0 Å². The van der Waals surface area contributed by atoms with Crippen molar-refractivity contribution in [3.05, 3.63) is 57.7 Å². The van der Waals surface area contributed by atoms with Crippen molar-refractivity contribution in [2.24, 2.45) is 0 Å². The van der Waals surface area contributed by atoms with Crippen LogP contribution in [0.3, 0.4) is 0 Å². The molecule has 1 heterocycles. The summed E-state index contributed by atoms with van der Waals surface area (Å²) in [5.74, 6) is -3.51. The fraction of sp³-hybridized carbons (Fsp3) is 0.235. The number of amides is 1. The Bertz CT molecular complexity index is 891. The van der Waals surface area contributed by atoms with E-state index in [2.05, 4.69) is 9.72 Å². The third-order valence-electron chi connectivity index (χ3n) is 3.65. The average Bonchev–Trinajstić information content (AvgIpc) is 2.62. The molecular formula is C17H14Cl2F3N3O3. The van der Waals surface area contributed by atoms with Gasteiger partial charge < -0.3 is 15.4 Å². The largest absolute Gasteiger partial charge is 0.466 e. The summed E-state index contributed by atoms with van der Waals surface area (Å²) in [4.78, 5) is 28.3. The van der Waals surface area contributed by atoms with Crippen molar-refractivity contribution < 1.29 is 27.5 Å². The first-order valence-corrected chi connectivity index (χ1v) is 8.39. The van der Waals surface area contributed by atoms with E-state index in [1.165, 1.54) is 24.3 Å². The van der Waals surface area contributed by atoms with Crippen LogP contribution in [0, 0.1) is 6.92 Å². The molecule has 0 spiro atoms. The van der Waals surface area contributed by atoms with Gasteiger partial charge in [-0.25, -0.2) is 9.78 Å². The van der Waals surface area contributed by atoms with E-state index >= 15 is 0 Å².